The molecule has 0 aliphatic heterocycles. The average Bonchev–Trinajstić information content (AvgIpc) is 2.54. The van der Waals surface area contributed by atoms with Crippen molar-refractivity contribution in [2.24, 2.45) is 22.7 Å². The molecular weight excluding hydrogens is 306 g/mol. The summed E-state index contributed by atoms with van der Waals surface area (Å²) in [7, 11) is 0. The van der Waals surface area contributed by atoms with Gasteiger partial charge in [-0.15, -0.1) is 5.26 Å². The molecule has 1 aromatic rings. The normalized spacial score (nSPS) is 38.8. The van der Waals surface area contributed by atoms with Crippen molar-refractivity contribution >= 4 is 0 Å². The maximum atomic E-state index is 9.18. The van der Waals surface area contributed by atoms with Crippen molar-refractivity contribution < 1.29 is 4.74 Å². The van der Waals surface area contributed by atoms with Gasteiger partial charge in [0.05, 0.1) is 0 Å². The minimum absolute atomic E-state index is 0.208. The van der Waals surface area contributed by atoms with Crippen LogP contribution in [0.5, 0.6) is 5.75 Å². The third-order valence-electron chi connectivity index (χ3n) is 8.07. The van der Waals surface area contributed by atoms with E-state index < -0.39 is 0 Å². The zero-order chi connectivity index (χ0) is 17.9. The van der Waals surface area contributed by atoms with Gasteiger partial charge in [0.2, 0.25) is 0 Å². The summed E-state index contributed by atoms with van der Waals surface area (Å²) in [5.74, 6) is 2.39. The molecule has 0 saturated heterocycles. The number of hydrogen-bond donors (Lipinski definition) is 0. The molecule has 0 radical (unpaired) electrons. The van der Waals surface area contributed by atoms with E-state index in [1.165, 1.54) is 56.1 Å². The van der Waals surface area contributed by atoms with Crippen molar-refractivity contribution in [1.82, 2.24) is 0 Å². The molecule has 4 saturated carbocycles. The van der Waals surface area contributed by atoms with Crippen LogP contribution in [0.3, 0.4) is 0 Å². The number of ether oxygens (including phenoxy) is 1. The highest BCUT2D eigenvalue weighted by Crippen LogP contribution is 2.73. The first-order valence-corrected chi connectivity index (χ1v) is 10.0. The molecule has 4 fully saturated rings. The Labute approximate surface area is 152 Å². The molecule has 5 rings (SSSR count). The molecule has 4 unspecified atom stereocenters. The Morgan fingerprint density at radius 1 is 1.20 bits per heavy atom. The lowest BCUT2D eigenvalue weighted by atomic mass is 9.36. The van der Waals surface area contributed by atoms with Gasteiger partial charge >= 0.3 is 0 Å². The van der Waals surface area contributed by atoms with Crippen molar-refractivity contribution in [3.8, 4) is 12.0 Å². The lowest BCUT2D eigenvalue weighted by molar-refractivity contribution is -0.147. The van der Waals surface area contributed by atoms with E-state index in [-0.39, 0.29) is 5.41 Å². The number of benzene rings is 1. The molecule has 4 atom stereocenters. The van der Waals surface area contributed by atoms with Gasteiger partial charge in [-0.3, -0.25) is 0 Å². The van der Waals surface area contributed by atoms with E-state index in [0.29, 0.717) is 10.8 Å². The molecule has 4 aliphatic rings. The Bertz CT molecular complexity index is 732. The predicted molar refractivity (Wildman–Crippen MR) is 100 cm³/mol. The maximum Gasteiger partial charge on any atom is 0.292 e. The molecule has 134 valence electrons. The SMILES string of the molecule is CCC12CC3CC(c4ccc(C)cc4OC#N)(C1)CC(C(C)C)(C3)C2. The second kappa shape index (κ2) is 5.50. The number of hydrogen-bond acceptors (Lipinski definition) is 2. The number of nitriles is 1. The first-order valence-electron chi connectivity index (χ1n) is 10.0. The summed E-state index contributed by atoms with van der Waals surface area (Å²) in [5.41, 5.74) is 3.66. The highest BCUT2D eigenvalue weighted by molar-refractivity contribution is 5.45. The fourth-order valence-electron chi connectivity index (χ4n) is 7.26. The molecule has 0 N–H and O–H groups in total. The van der Waals surface area contributed by atoms with Gasteiger partial charge in [-0.25, -0.2) is 0 Å². The Balaban J connectivity index is 1.86. The van der Waals surface area contributed by atoms with Gasteiger partial charge in [-0.05, 0) is 79.7 Å². The predicted octanol–water partition coefficient (Wildman–Crippen LogP) is 6.13. The second-order valence-corrected chi connectivity index (χ2v) is 9.85. The molecule has 0 spiro atoms. The van der Waals surface area contributed by atoms with Gasteiger partial charge < -0.3 is 4.74 Å². The van der Waals surface area contributed by atoms with Crippen LogP contribution in [0.1, 0.15) is 76.8 Å². The molecule has 2 nitrogen and oxygen atoms in total. The first-order chi connectivity index (χ1) is 11.9. The van der Waals surface area contributed by atoms with E-state index in [9.17, 15) is 5.26 Å². The quantitative estimate of drug-likeness (QED) is 0.619. The molecule has 0 amide bonds. The summed E-state index contributed by atoms with van der Waals surface area (Å²) in [6, 6.07) is 6.54. The molecule has 4 bridgehead atoms. The van der Waals surface area contributed by atoms with Crippen molar-refractivity contribution in [1.29, 1.82) is 5.26 Å². The third-order valence-corrected chi connectivity index (χ3v) is 8.07. The first kappa shape index (κ1) is 17.0. The standard InChI is InChI=1S/C23H31NO/c1-5-21-9-18-10-22(12-21,16(2)3)14-23(11-18,13-21)19-7-6-17(4)8-20(19)25-15-24/h6-8,16,18H,5,9-14H2,1-4H3. The lowest BCUT2D eigenvalue weighted by Gasteiger charge is -2.68. The van der Waals surface area contributed by atoms with E-state index in [1.807, 2.05) is 6.26 Å². The van der Waals surface area contributed by atoms with Crippen LogP contribution >= 0.6 is 0 Å². The van der Waals surface area contributed by atoms with Gasteiger partial charge in [0.1, 0.15) is 5.75 Å². The summed E-state index contributed by atoms with van der Waals surface area (Å²) in [4.78, 5) is 0. The van der Waals surface area contributed by atoms with Crippen molar-refractivity contribution in [2.75, 3.05) is 0 Å². The summed E-state index contributed by atoms with van der Waals surface area (Å²) in [6.07, 6.45) is 11.3. The van der Waals surface area contributed by atoms with E-state index in [0.717, 1.165) is 17.6 Å². The van der Waals surface area contributed by atoms with E-state index in [1.54, 1.807) is 0 Å². The van der Waals surface area contributed by atoms with Crippen LogP contribution in [0.2, 0.25) is 0 Å². The van der Waals surface area contributed by atoms with E-state index >= 15 is 0 Å². The number of aryl methyl sites for hydroxylation is 1. The zero-order valence-corrected chi connectivity index (χ0v) is 16.2. The fourth-order valence-corrected chi connectivity index (χ4v) is 7.26. The molecule has 1 aromatic carbocycles. The lowest BCUT2D eigenvalue weighted by Crippen LogP contribution is -2.60. The highest BCUT2D eigenvalue weighted by atomic mass is 16.5. The zero-order valence-electron chi connectivity index (χ0n) is 16.2. The maximum absolute atomic E-state index is 9.18. The van der Waals surface area contributed by atoms with Crippen LogP contribution in [-0.2, 0) is 5.41 Å². The van der Waals surface area contributed by atoms with Crippen LogP contribution in [0.25, 0.3) is 0 Å². The Kier molecular flexibility index (Phi) is 3.73. The molecule has 2 heteroatoms. The largest absolute Gasteiger partial charge is 0.388 e. The second-order valence-electron chi connectivity index (χ2n) is 9.85. The van der Waals surface area contributed by atoms with Crippen molar-refractivity contribution in [3.05, 3.63) is 29.3 Å². The van der Waals surface area contributed by atoms with Crippen LogP contribution < -0.4 is 4.74 Å². The molecule has 25 heavy (non-hydrogen) atoms. The Morgan fingerprint density at radius 2 is 2.00 bits per heavy atom. The topological polar surface area (TPSA) is 33.0 Å². The fraction of sp³-hybridized carbons (Fsp3) is 0.696. The summed E-state index contributed by atoms with van der Waals surface area (Å²) < 4.78 is 5.47. The van der Waals surface area contributed by atoms with E-state index in [2.05, 4.69) is 45.9 Å². The van der Waals surface area contributed by atoms with Gasteiger partial charge in [0.25, 0.3) is 6.26 Å². The van der Waals surface area contributed by atoms with E-state index in [4.69, 9.17) is 4.74 Å². The van der Waals surface area contributed by atoms with Gasteiger partial charge in [0, 0.05) is 11.0 Å². The smallest absolute Gasteiger partial charge is 0.292 e. The summed E-state index contributed by atoms with van der Waals surface area (Å²) in [5, 5.41) is 9.18. The molecule has 0 heterocycles. The highest BCUT2D eigenvalue weighted by Gasteiger charge is 2.64. The van der Waals surface area contributed by atoms with Crippen LogP contribution in [0, 0.1) is 41.1 Å². The third kappa shape index (κ3) is 2.42. The molecule has 4 aliphatic carbocycles. The van der Waals surface area contributed by atoms with Crippen LogP contribution in [-0.4, -0.2) is 0 Å². The monoisotopic (exact) mass is 337 g/mol. The van der Waals surface area contributed by atoms with Crippen LogP contribution in [0.4, 0.5) is 0 Å². The minimum Gasteiger partial charge on any atom is -0.388 e. The Hall–Kier alpha value is -1.49. The summed E-state index contributed by atoms with van der Waals surface area (Å²) >= 11 is 0. The summed E-state index contributed by atoms with van der Waals surface area (Å²) in [6.45, 7) is 9.35. The molecule has 0 aromatic heterocycles. The Morgan fingerprint density at radius 3 is 2.68 bits per heavy atom. The van der Waals surface area contributed by atoms with Crippen LogP contribution in [0.15, 0.2) is 18.2 Å². The molecular formula is C23H31NO. The van der Waals surface area contributed by atoms with Gasteiger partial charge in [-0.1, -0.05) is 39.3 Å². The van der Waals surface area contributed by atoms with Gasteiger partial charge in [0.15, 0.2) is 0 Å². The average molecular weight is 338 g/mol. The number of nitrogens with zero attached hydrogens (tertiary/aromatic N) is 1. The minimum atomic E-state index is 0.208. The van der Waals surface area contributed by atoms with Crippen molar-refractivity contribution in [3.63, 3.8) is 0 Å². The number of rotatable bonds is 4. The van der Waals surface area contributed by atoms with Gasteiger partial charge in [-0.2, -0.15) is 0 Å². The van der Waals surface area contributed by atoms with Crippen molar-refractivity contribution in [2.45, 2.75) is 78.1 Å².